The van der Waals surface area contributed by atoms with Crippen LogP contribution in [0.15, 0.2) is 24.3 Å². The Kier molecular flexibility index (Phi) is 4.61. The van der Waals surface area contributed by atoms with Crippen LogP contribution >= 0.6 is 15.9 Å². The summed E-state index contributed by atoms with van der Waals surface area (Å²) in [4.78, 5) is 0. The lowest BCUT2D eigenvalue weighted by molar-refractivity contribution is 0.413. The normalized spacial score (nSPS) is 11.5. The van der Waals surface area contributed by atoms with Crippen molar-refractivity contribution in [3.63, 3.8) is 0 Å². The van der Waals surface area contributed by atoms with Gasteiger partial charge in [0.25, 0.3) is 0 Å². The molecule has 84 valence electrons. The lowest BCUT2D eigenvalue weighted by atomic mass is 9.84. The number of halogens is 1. The van der Waals surface area contributed by atoms with Crippen molar-refractivity contribution < 1.29 is 4.74 Å². The van der Waals surface area contributed by atoms with Crippen molar-refractivity contribution >= 4 is 15.9 Å². The molecule has 0 bridgehead atoms. The number of rotatable bonds is 5. The third-order valence-electron chi connectivity index (χ3n) is 2.53. The summed E-state index contributed by atoms with van der Waals surface area (Å²) in [7, 11) is 1.69. The summed E-state index contributed by atoms with van der Waals surface area (Å²) in [5.74, 6) is 0.906. The van der Waals surface area contributed by atoms with Crippen molar-refractivity contribution in [2.24, 2.45) is 0 Å². The van der Waals surface area contributed by atoms with Crippen LogP contribution in [0.2, 0.25) is 0 Å². The Morgan fingerprint density at radius 3 is 2.33 bits per heavy atom. The molecule has 0 heterocycles. The van der Waals surface area contributed by atoms with Crippen LogP contribution in [0.1, 0.15) is 19.4 Å². The minimum absolute atomic E-state index is 0.139. The van der Waals surface area contributed by atoms with Crippen molar-refractivity contribution in [1.29, 1.82) is 0 Å². The van der Waals surface area contributed by atoms with Gasteiger partial charge in [-0.2, -0.15) is 0 Å². The highest BCUT2D eigenvalue weighted by Gasteiger charge is 2.19. The fraction of sp³-hybridized carbons (Fsp3) is 0.500. The van der Waals surface area contributed by atoms with Crippen LogP contribution in [-0.2, 0) is 5.41 Å². The van der Waals surface area contributed by atoms with Crippen LogP contribution in [0.5, 0.6) is 5.75 Å². The van der Waals surface area contributed by atoms with Crippen LogP contribution < -0.4 is 10.1 Å². The van der Waals surface area contributed by atoms with E-state index in [9.17, 15) is 0 Å². The second-order valence-electron chi connectivity index (χ2n) is 4.17. The van der Waals surface area contributed by atoms with E-state index in [0.29, 0.717) is 0 Å². The van der Waals surface area contributed by atoms with Crippen LogP contribution in [-0.4, -0.2) is 19.1 Å². The number of methoxy groups -OCH3 is 1. The Morgan fingerprint density at radius 1 is 1.27 bits per heavy atom. The Labute approximate surface area is 100 Å². The molecule has 0 aliphatic carbocycles. The van der Waals surface area contributed by atoms with E-state index in [1.165, 1.54) is 5.56 Å². The van der Waals surface area contributed by atoms with Gasteiger partial charge in [-0.3, -0.25) is 0 Å². The van der Waals surface area contributed by atoms with E-state index in [1.54, 1.807) is 7.11 Å². The van der Waals surface area contributed by atoms with Crippen LogP contribution in [0.3, 0.4) is 0 Å². The highest BCUT2D eigenvalue weighted by atomic mass is 79.9. The molecule has 0 atom stereocenters. The Balaban J connectivity index is 2.75. The minimum Gasteiger partial charge on any atom is -0.497 e. The molecule has 1 aromatic carbocycles. The van der Waals surface area contributed by atoms with Gasteiger partial charge in [0.2, 0.25) is 0 Å². The molecule has 1 aromatic rings. The molecule has 0 fully saturated rings. The Bertz CT molecular complexity index is 295. The first-order valence-electron chi connectivity index (χ1n) is 5.01. The maximum Gasteiger partial charge on any atom is 0.118 e. The van der Waals surface area contributed by atoms with Crippen molar-refractivity contribution in [2.75, 3.05) is 19.1 Å². The molecule has 15 heavy (non-hydrogen) atoms. The topological polar surface area (TPSA) is 21.3 Å². The van der Waals surface area contributed by atoms with Gasteiger partial charge in [0.05, 0.1) is 12.6 Å². The number of alkyl halides is 1. The summed E-state index contributed by atoms with van der Waals surface area (Å²) in [5.41, 5.74) is 2.28. The van der Waals surface area contributed by atoms with Crippen LogP contribution in [0, 0.1) is 0 Å². The predicted molar refractivity (Wildman–Crippen MR) is 67.8 cm³/mol. The molecule has 0 aliphatic rings. The third-order valence-corrected chi connectivity index (χ3v) is 2.93. The van der Waals surface area contributed by atoms with E-state index in [2.05, 4.69) is 47.2 Å². The Hall–Kier alpha value is -0.540. The predicted octanol–water partition coefficient (Wildman–Crippen LogP) is 2.91. The standard InChI is InChI=1S/C12H18BrNO/c1-12(2,8-14-9-13)10-4-6-11(15-3)7-5-10/h4-7,14H,8-9H2,1-3H3. The summed E-state index contributed by atoms with van der Waals surface area (Å²) in [6.45, 7) is 5.40. The van der Waals surface area contributed by atoms with Gasteiger partial charge in [-0.1, -0.05) is 41.9 Å². The molecular weight excluding hydrogens is 254 g/mol. The molecule has 1 N–H and O–H groups in total. The molecular formula is C12H18BrNO. The highest BCUT2D eigenvalue weighted by Crippen LogP contribution is 2.24. The largest absolute Gasteiger partial charge is 0.497 e. The summed E-state index contributed by atoms with van der Waals surface area (Å²) < 4.78 is 5.14. The van der Waals surface area contributed by atoms with Gasteiger partial charge < -0.3 is 10.1 Å². The first-order valence-corrected chi connectivity index (χ1v) is 6.13. The van der Waals surface area contributed by atoms with E-state index in [4.69, 9.17) is 4.74 Å². The number of benzene rings is 1. The third kappa shape index (κ3) is 3.50. The zero-order valence-electron chi connectivity index (χ0n) is 9.51. The molecule has 1 rings (SSSR count). The average molecular weight is 272 g/mol. The molecule has 0 spiro atoms. The van der Waals surface area contributed by atoms with Crippen molar-refractivity contribution in [1.82, 2.24) is 5.32 Å². The molecule has 0 radical (unpaired) electrons. The molecule has 0 unspecified atom stereocenters. The summed E-state index contributed by atoms with van der Waals surface area (Å²) >= 11 is 3.37. The van der Waals surface area contributed by atoms with Gasteiger partial charge in [-0.15, -0.1) is 0 Å². The van der Waals surface area contributed by atoms with Crippen LogP contribution in [0.4, 0.5) is 0 Å². The Morgan fingerprint density at radius 2 is 1.87 bits per heavy atom. The van der Waals surface area contributed by atoms with E-state index >= 15 is 0 Å². The minimum atomic E-state index is 0.139. The van der Waals surface area contributed by atoms with E-state index < -0.39 is 0 Å². The fourth-order valence-electron chi connectivity index (χ4n) is 1.50. The van der Waals surface area contributed by atoms with E-state index in [-0.39, 0.29) is 5.41 Å². The molecule has 0 aromatic heterocycles. The second kappa shape index (κ2) is 5.52. The van der Waals surface area contributed by atoms with Gasteiger partial charge in [0, 0.05) is 12.0 Å². The van der Waals surface area contributed by atoms with E-state index in [1.807, 2.05) is 12.1 Å². The fourth-order valence-corrected chi connectivity index (χ4v) is 1.70. The van der Waals surface area contributed by atoms with Crippen molar-refractivity contribution in [3.05, 3.63) is 29.8 Å². The summed E-state index contributed by atoms with van der Waals surface area (Å²) in [6.07, 6.45) is 0. The van der Waals surface area contributed by atoms with E-state index in [0.717, 1.165) is 17.7 Å². The number of ether oxygens (including phenoxy) is 1. The molecule has 0 saturated carbocycles. The molecule has 3 heteroatoms. The zero-order chi connectivity index (χ0) is 11.3. The highest BCUT2D eigenvalue weighted by molar-refractivity contribution is 9.09. The monoisotopic (exact) mass is 271 g/mol. The lowest BCUT2D eigenvalue weighted by Crippen LogP contribution is -2.32. The first kappa shape index (κ1) is 12.5. The van der Waals surface area contributed by atoms with Gasteiger partial charge in [-0.05, 0) is 17.7 Å². The maximum atomic E-state index is 5.14. The molecule has 2 nitrogen and oxygen atoms in total. The zero-order valence-corrected chi connectivity index (χ0v) is 11.1. The quantitative estimate of drug-likeness (QED) is 0.657. The van der Waals surface area contributed by atoms with Gasteiger partial charge >= 0.3 is 0 Å². The summed E-state index contributed by atoms with van der Waals surface area (Å²) in [6, 6.07) is 8.25. The van der Waals surface area contributed by atoms with Gasteiger partial charge in [-0.25, -0.2) is 0 Å². The van der Waals surface area contributed by atoms with Gasteiger partial charge in [0.15, 0.2) is 0 Å². The summed E-state index contributed by atoms with van der Waals surface area (Å²) in [5, 5.41) is 3.30. The van der Waals surface area contributed by atoms with Gasteiger partial charge in [0.1, 0.15) is 5.75 Å². The smallest absolute Gasteiger partial charge is 0.118 e. The number of hydrogen-bond acceptors (Lipinski definition) is 2. The molecule has 0 aliphatic heterocycles. The van der Waals surface area contributed by atoms with Crippen LogP contribution in [0.25, 0.3) is 0 Å². The average Bonchev–Trinajstić information content (AvgIpc) is 2.26. The number of nitrogens with one attached hydrogen (secondary N) is 1. The maximum absolute atomic E-state index is 5.14. The molecule has 0 saturated heterocycles. The second-order valence-corrected chi connectivity index (χ2v) is 4.73. The van der Waals surface area contributed by atoms with Crippen molar-refractivity contribution in [2.45, 2.75) is 19.3 Å². The van der Waals surface area contributed by atoms with Crippen molar-refractivity contribution in [3.8, 4) is 5.75 Å². The lowest BCUT2D eigenvalue weighted by Gasteiger charge is -2.25. The SMILES string of the molecule is COc1ccc(C(C)(C)CNCBr)cc1. The number of hydrogen-bond donors (Lipinski definition) is 1. The first-order chi connectivity index (χ1) is 7.10. The molecule has 0 amide bonds.